The molecule has 1 saturated carbocycles. The molecular formula is C24H31N3O. The minimum atomic E-state index is 0.0378. The molecule has 1 amide bonds. The highest BCUT2D eigenvalue weighted by Gasteiger charge is 2.33. The van der Waals surface area contributed by atoms with Crippen LogP contribution in [0.5, 0.6) is 0 Å². The Bertz CT molecular complexity index is 787. The first-order valence-electron chi connectivity index (χ1n) is 10.7. The van der Waals surface area contributed by atoms with Crippen molar-refractivity contribution in [3.8, 4) is 11.1 Å². The second-order valence-electron chi connectivity index (χ2n) is 8.32. The van der Waals surface area contributed by atoms with Crippen LogP contribution >= 0.6 is 0 Å². The number of amides is 1. The maximum absolute atomic E-state index is 13.3. The SMILES string of the molecule is CCCN1CCN(CC2CC2)C[C@H](Cc2ccccc2-c2ccncc2)C1=O. The van der Waals surface area contributed by atoms with Gasteiger partial charge in [-0.1, -0.05) is 31.2 Å². The Balaban J connectivity index is 1.58. The summed E-state index contributed by atoms with van der Waals surface area (Å²) in [7, 11) is 0. The predicted octanol–water partition coefficient (Wildman–Crippen LogP) is 3.87. The van der Waals surface area contributed by atoms with Crippen molar-refractivity contribution in [2.24, 2.45) is 11.8 Å². The molecule has 0 spiro atoms. The summed E-state index contributed by atoms with van der Waals surface area (Å²) in [5.74, 6) is 1.23. The molecule has 4 nitrogen and oxygen atoms in total. The van der Waals surface area contributed by atoms with E-state index in [0.29, 0.717) is 5.91 Å². The van der Waals surface area contributed by atoms with E-state index < -0.39 is 0 Å². The number of carbonyl (C=O) groups is 1. The minimum absolute atomic E-state index is 0.0378. The maximum atomic E-state index is 13.3. The molecule has 0 unspecified atom stereocenters. The molecule has 1 saturated heterocycles. The molecule has 148 valence electrons. The zero-order valence-electron chi connectivity index (χ0n) is 16.9. The number of hydrogen-bond donors (Lipinski definition) is 0. The minimum Gasteiger partial charge on any atom is -0.341 e. The van der Waals surface area contributed by atoms with Crippen molar-refractivity contribution in [3.05, 3.63) is 54.4 Å². The van der Waals surface area contributed by atoms with Gasteiger partial charge in [0.25, 0.3) is 0 Å². The van der Waals surface area contributed by atoms with Crippen LogP contribution in [0.15, 0.2) is 48.8 Å². The van der Waals surface area contributed by atoms with Gasteiger partial charge < -0.3 is 9.80 Å². The maximum Gasteiger partial charge on any atom is 0.227 e. The van der Waals surface area contributed by atoms with Crippen molar-refractivity contribution in [2.75, 3.05) is 32.7 Å². The highest BCUT2D eigenvalue weighted by molar-refractivity contribution is 5.80. The lowest BCUT2D eigenvalue weighted by atomic mass is 9.91. The molecule has 1 atom stereocenters. The number of benzene rings is 1. The number of aromatic nitrogens is 1. The van der Waals surface area contributed by atoms with E-state index in [-0.39, 0.29) is 5.92 Å². The van der Waals surface area contributed by atoms with E-state index in [2.05, 4.69) is 58.1 Å². The fraction of sp³-hybridized carbons (Fsp3) is 0.500. The summed E-state index contributed by atoms with van der Waals surface area (Å²) in [6.45, 7) is 6.98. The number of nitrogens with zero attached hydrogens (tertiary/aromatic N) is 3. The summed E-state index contributed by atoms with van der Waals surface area (Å²) in [6, 6.07) is 12.6. The zero-order chi connectivity index (χ0) is 19.3. The molecule has 1 aliphatic heterocycles. The summed E-state index contributed by atoms with van der Waals surface area (Å²) in [4.78, 5) is 22.1. The highest BCUT2D eigenvalue weighted by Crippen LogP contribution is 2.31. The summed E-state index contributed by atoms with van der Waals surface area (Å²) in [5, 5.41) is 0. The fourth-order valence-electron chi connectivity index (χ4n) is 4.36. The van der Waals surface area contributed by atoms with Crippen LogP contribution in [-0.2, 0) is 11.2 Å². The topological polar surface area (TPSA) is 36.4 Å². The van der Waals surface area contributed by atoms with Gasteiger partial charge in [0.1, 0.15) is 0 Å². The Morgan fingerprint density at radius 3 is 2.61 bits per heavy atom. The molecule has 1 aromatic heterocycles. The zero-order valence-corrected chi connectivity index (χ0v) is 16.9. The fourth-order valence-corrected chi connectivity index (χ4v) is 4.36. The van der Waals surface area contributed by atoms with Gasteiger partial charge in [-0.3, -0.25) is 9.78 Å². The quantitative estimate of drug-likeness (QED) is 0.735. The first-order chi connectivity index (χ1) is 13.7. The Morgan fingerprint density at radius 2 is 1.86 bits per heavy atom. The van der Waals surface area contributed by atoms with Gasteiger partial charge in [0.15, 0.2) is 0 Å². The van der Waals surface area contributed by atoms with Crippen molar-refractivity contribution in [1.82, 2.24) is 14.8 Å². The molecule has 0 N–H and O–H groups in total. The van der Waals surface area contributed by atoms with Crippen LogP contribution in [-0.4, -0.2) is 53.4 Å². The van der Waals surface area contributed by atoms with Gasteiger partial charge in [-0.05, 0) is 60.4 Å². The summed E-state index contributed by atoms with van der Waals surface area (Å²) >= 11 is 0. The summed E-state index contributed by atoms with van der Waals surface area (Å²) in [5.41, 5.74) is 3.65. The van der Waals surface area contributed by atoms with Gasteiger partial charge in [0.2, 0.25) is 5.91 Å². The van der Waals surface area contributed by atoms with E-state index in [0.717, 1.165) is 51.5 Å². The first-order valence-corrected chi connectivity index (χ1v) is 10.7. The molecule has 1 aliphatic carbocycles. The van der Waals surface area contributed by atoms with E-state index in [1.165, 1.54) is 29.5 Å². The average Bonchev–Trinajstić information content (AvgIpc) is 3.55. The number of carbonyl (C=O) groups excluding carboxylic acids is 1. The highest BCUT2D eigenvalue weighted by atomic mass is 16.2. The Labute approximate surface area is 168 Å². The summed E-state index contributed by atoms with van der Waals surface area (Å²) < 4.78 is 0. The van der Waals surface area contributed by atoms with Crippen LogP contribution in [0.3, 0.4) is 0 Å². The molecule has 2 aliphatic rings. The van der Waals surface area contributed by atoms with E-state index in [1.54, 1.807) is 0 Å². The van der Waals surface area contributed by atoms with Crippen molar-refractivity contribution in [3.63, 3.8) is 0 Å². The molecule has 2 heterocycles. The van der Waals surface area contributed by atoms with Gasteiger partial charge in [-0.25, -0.2) is 0 Å². The first kappa shape index (κ1) is 19.1. The smallest absolute Gasteiger partial charge is 0.227 e. The van der Waals surface area contributed by atoms with Crippen LogP contribution in [0.1, 0.15) is 31.7 Å². The van der Waals surface area contributed by atoms with Crippen molar-refractivity contribution >= 4 is 5.91 Å². The number of rotatable bonds is 7. The van der Waals surface area contributed by atoms with Crippen LogP contribution < -0.4 is 0 Å². The Hall–Kier alpha value is -2.20. The number of hydrogen-bond acceptors (Lipinski definition) is 3. The van der Waals surface area contributed by atoms with Crippen molar-refractivity contribution in [2.45, 2.75) is 32.6 Å². The van der Waals surface area contributed by atoms with E-state index >= 15 is 0 Å². The molecule has 28 heavy (non-hydrogen) atoms. The average molecular weight is 378 g/mol. The Morgan fingerprint density at radius 1 is 1.07 bits per heavy atom. The van der Waals surface area contributed by atoms with Gasteiger partial charge in [0.05, 0.1) is 5.92 Å². The standard InChI is InChI=1S/C24H31N3O/c1-2-13-27-15-14-26(17-19-7-8-19)18-22(24(27)28)16-21-5-3-4-6-23(21)20-9-11-25-12-10-20/h3-6,9-12,19,22H,2,7-8,13-18H2,1H3/t22-/m0/s1. The van der Waals surface area contributed by atoms with E-state index in [1.807, 2.05) is 12.4 Å². The molecule has 4 heteroatoms. The van der Waals surface area contributed by atoms with Crippen LogP contribution in [0.2, 0.25) is 0 Å². The molecule has 1 aromatic carbocycles. The second kappa shape index (κ2) is 8.87. The lowest BCUT2D eigenvalue weighted by Gasteiger charge is -2.24. The van der Waals surface area contributed by atoms with Gasteiger partial charge in [-0.2, -0.15) is 0 Å². The van der Waals surface area contributed by atoms with Crippen LogP contribution in [0, 0.1) is 11.8 Å². The van der Waals surface area contributed by atoms with Crippen LogP contribution in [0.25, 0.3) is 11.1 Å². The van der Waals surface area contributed by atoms with Crippen LogP contribution in [0.4, 0.5) is 0 Å². The van der Waals surface area contributed by atoms with Gasteiger partial charge >= 0.3 is 0 Å². The third kappa shape index (κ3) is 4.61. The van der Waals surface area contributed by atoms with E-state index in [4.69, 9.17) is 0 Å². The van der Waals surface area contributed by atoms with Crippen molar-refractivity contribution < 1.29 is 4.79 Å². The molecular weight excluding hydrogens is 346 g/mol. The number of pyridine rings is 1. The van der Waals surface area contributed by atoms with E-state index in [9.17, 15) is 4.79 Å². The molecule has 2 aromatic rings. The third-order valence-corrected chi connectivity index (χ3v) is 6.01. The molecule has 0 radical (unpaired) electrons. The molecule has 0 bridgehead atoms. The normalized spacial score (nSPS) is 21.0. The van der Waals surface area contributed by atoms with Crippen molar-refractivity contribution in [1.29, 1.82) is 0 Å². The second-order valence-corrected chi connectivity index (χ2v) is 8.32. The lowest BCUT2D eigenvalue weighted by Crippen LogP contribution is -2.38. The summed E-state index contributed by atoms with van der Waals surface area (Å²) in [6.07, 6.45) is 8.22. The van der Waals surface area contributed by atoms with Gasteiger partial charge in [0, 0.05) is 45.1 Å². The van der Waals surface area contributed by atoms with Gasteiger partial charge in [-0.15, -0.1) is 0 Å². The third-order valence-electron chi connectivity index (χ3n) is 6.01. The molecule has 4 rings (SSSR count). The monoisotopic (exact) mass is 377 g/mol. The molecule has 2 fully saturated rings. The lowest BCUT2D eigenvalue weighted by molar-refractivity contribution is -0.134. The Kier molecular flexibility index (Phi) is 6.06. The predicted molar refractivity (Wildman–Crippen MR) is 113 cm³/mol. The largest absolute Gasteiger partial charge is 0.341 e.